The molecule has 0 bridgehead atoms. The molecule has 2 rings (SSSR count). The number of rotatable bonds is 3. The molecule has 7 nitrogen and oxygen atoms in total. The average Bonchev–Trinajstić information content (AvgIpc) is 2.76. The van der Waals surface area contributed by atoms with Gasteiger partial charge in [-0.25, -0.2) is 4.98 Å². The second kappa shape index (κ2) is 4.23. The van der Waals surface area contributed by atoms with Crippen molar-refractivity contribution in [2.75, 3.05) is 6.61 Å². The molecule has 0 unspecified atom stereocenters. The Morgan fingerprint density at radius 2 is 2.31 bits per heavy atom. The molecule has 2 aromatic heterocycles. The number of aryl methyl sites for hydroxylation is 1. The highest BCUT2D eigenvalue weighted by Gasteiger charge is 2.10. The fraction of sp³-hybridized carbons (Fsp3) is 0.333. The number of aliphatic hydroxyl groups excluding tert-OH is 1. The first-order valence-corrected chi connectivity index (χ1v) is 4.79. The average molecular weight is 221 g/mol. The van der Waals surface area contributed by atoms with Crippen molar-refractivity contribution in [1.82, 2.24) is 25.4 Å². The first kappa shape index (κ1) is 10.5. The number of hydrogen-bond acceptors (Lipinski definition) is 5. The first-order valence-electron chi connectivity index (χ1n) is 4.79. The van der Waals surface area contributed by atoms with Crippen LogP contribution in [-0.2, 0) is 6.42 Å². The van der Waals surface area contributed by atoms with Crippen LogP contribution in [0, 0.1) is 6.92 Å². The molecular formula is C9H11N5O2. The SMILES string of the molecule is Cc1nc(-c2cn[nH]n2)[nH]c(=O)c1CCO. The molecule has 7 heteroatoms. The van der Waals surface area contributed by atoms with Gasteiger partial charge in [0.1, 0.15) is 5.69 Å². The number of aromatic amines is 2. The van der Waals surface area contributed by atoms with E-state index in [0.717, 1.165) is 0 Å². The van der Waals surface area contributed by atoms with Crippen LogP contribution in [0.1, 0.15) is 11.3 Å². The van der Waals surface area contributed by atoms with Crippen LogP contribution in [0.25, 0.3) is 11.5 Å². The fourth-order valence-electron chi connectivity index (χ4n) is 1.45. The lowest BCUT2D eigenvalue weighted by atomic mass is 10.2. The van der Waals surface area contributed by atoms with Crippen molar-refractivity contribution in [2.24, 2.45) is 0 Å². The van der Waals surface area contributed by atoms with Gasteiger partial charge in [0.05, 0.1) is 6.20 Å². The van der Waals surface area contributed by atoms with Gasteiger partial charge in [0.2, 0.25) is 0 Å². The summed E-state index contributed by atoms with van der Waals surface area (Å²) in [6.45, 7) is 1.65. The van der Waals surface area contributed by atoms with Gasteiger partial charge in [0.15, 0.2) is 5.82 Å². The molecule has 84 valence electrons. The smallest absolute Gasteiger partial charge is 0.254 e. The fourth-order valence-corrected chi connectivity index (χ4v) is 1.45. The Bertz CT molecular complexity index is 531. The van der Waals surface area contributed by atoms with E-state index in [-0.39, 0.29) is 12.2 Å². The molecular weight excluding hydrogens is 210 g/mol. The van der Waals surface area contributed by atoms with E-state index in [1.807, 2.05) is 0 Å². The predicted molar refractivity (Wildman–Crippen MR) is 55.8 cm³/mol. The molecule has 16 heavy (non-hydrogen) atoms. The number of nitrogens with one attached hydrogen (secondary N) is 2. The normalized spacial score (nSPS) is 10.6. The Hall–Kier alpha value is -2.02. The van der Waals surface area contributed by atoms with E-state index in [4.69, 9.17) is 5.11 Å². The van der Waals surface area contributed by atoms with Crippen LogP contribution in [0.2, 0.25) is 0 Å². The van der Waals surface area contributed by atoms with E-state index in [1.165, 1.54) is 6.20 Å². The standard InChI is InChI=1S/C9H11N5O2/c1-5-6(2-3-15)9(16)12-8(11-5)7-4-10-14-13-7/h4,15H,2-3H2,1H3,(H,10,13,14)(H,11,12,16). The highest BCUT2D eigenvalue weighted by Crippen LogP contribution is 2.09. The van der Waals surface area contributed by atoms with Crippen molar-refractivity contribution in [1.29, 1.82) is 0 Å². The van der Waals surface area contributed by atoms with Crippen LogP contribution in [0.15, 0.2) is 11.0 Å². The summed E-state index contributed by atoms with van der Waals surface area (Å²) < 4.78 is 0. The summed E-state index contributed by atoms with van der Waals surface area (Å²) in [5.74, 6) is 0.373. The van der Waals surface area contributed by atoms with E-state index in [0.29, 0.717) is 29.2 Å². The zero-order chi connectivity index (χ0) is 11.5. The van der Waals surface area contributed by atoms with Crippen LogP contribution in [-0.4, -0.2) is 37.1 Å². The maximum absolute atomic E-state index is 11.7. The molecule has 0 atom stereocenters. The van der Waals surface area contributed by atoms with E-state index < -0.39 is 0 Å². The van der Waals surface area contributed by atoms with Gasteiger partial charge < -0.3 is 10.1 Å². The molecule has 0 aliphatic carbocycles. The van der Waals surface area contributed by atoms with E-state index in [9.17, 15) is 4.79 Å². The number of hydrogen-bond donors (Lipinski definition) is 3. The van der Waals surface area contributed by atoms with Gasteiger partial charge in [-0.05, 0) is 6.92 Å². The molecule has 0 saturated carbocycles. The van der Waals surface area contributed by atoms with Gasteiger partial charge in [0.25, 0.3) is 5.56 Å². The maximum atomic E-state index is 11.7. The molecule has 0 amide bonds. The van der Waals surface area contributed by atoms with Crippen molar-refractivity contribution in [3.05, 3.63) is 27.8 Å². The summed E-state index contributed by atoms with van der Waals surface area (Å²) in [4.78, 5) is 18.5. The lowest BCUT2D eigenvalue weighted by molar-refractivity contribution is 0.298. The molecule has 0 aliphatic rings. The maximum Gasteiger partial charge on any atom is 0.254 e. The lowest BCUT2D eigenvalue weighted by Crippen LogP contribution is -2.18. The minimum Gasteiger partial charge on any atom is -0.396 e. The molecule has 0 fully saturated rings. The third-order valence-electron chi connectivity index (χ3n) is 2.24. The third kappa shape index (κ3) is 1.84. The van der Waals surface area contributed by atoms with E-state index >= 15 is 0 Å². The largest absolute Gasteiger partial charge is 0.396 e. The van der Waals surface area contributed by atoms with Gasteiger partial charge in [-0.3, -0.25) is 4.79 Å². The Morgan fingerprint density at radius 3 is 2.88 bits per heavy atom. The molecule has 2 heterocycles. The van der Waals surface area contributed by atoms with Crippen molar-refractivity contribution in [2.45, 2.75) is 13.3 Å². The summed E-state index contributed by atoms with van der Waals surface area (Å²) in [5.41, 5.74) is 1.32. The van der Waals surface area contributed by atoms with Crippen LogP contribution in [0.4, 0.5) is 0 Å². The predicted octanol–water partition coefficient (Wildman–Crippen LogP) is -0.602. The minimum atomic E-state index is -0.250. The van der Waals surface area contributed by atoms with E-state index in [1.54, 1.807) is 6.92 Å². The summed E-state index contributed by atoms with van der Waals surface area (Å²) in [5, 5.41) is 18.7. The first-order chi connectivity index (χ1) is 7.72. The zero-order valence-corrected chi connectivity index (χ0v) is 8.69. The van der Waals surface area contributed by atoms with Crippen LogP contribution in [0.3, 0.4) is 0 Å². The van der Waals surface area contributed by atoms with Gasteiger partial charge in [0, 0.05) is 24.3 Å². The van der Waals surface area contributed by atoms with E-state index in [2.05, 4.69) is 25.4 Å². The van der Waals surface area contributed by atoms with Crippen molar-refractivity contribution >= 4 is 0 Å². The van der Waals surface area contributed by atoms with Crippen molar-refractivity contribution in [3.63, 3.8) is 0 Å². The Labute approximate surface area is 90.6 Å². The topological polar surface area (TPSA) is 108 Å². The van der Waals surface area contributed by atoms with Crippen molar-refractivity contribution < 1.29 is 5.11 Å². The van der Waals surface area contributed by atoms with Gasteiger partial charge >= 0.3 is 0 Å². The van der Waals surface area contributed by atoms with Gasteiger partial charge in [-0.1, -0.05) is 0 Å². The quantitative estimate of drug-likeness (QED) is 0.641. The molecule has 0 aromatic carbocycles. The Morgan fingerprint density at radius 1 is 1.50 bits per heavy atom. The van der Waals surface area contributed by atoms with Crippen LogP contribution >= 0.6 is 0 Å². The second-order valence-corrected chi connectivity index (χ2v) is 3.31. The molecule has 0 spiro atoms. The van der Waals surface area contributed by atoms with Crippen molar-refractivity contribution in [3.8, 4) is 11.5 Å². The molecule has 0 saturated heterocycles. The third-order valence-corrected chi connectivity index (χ3v) is 2.24. The summed E-state index contributed by atoms with van der Waals surface area (Å²) in [6.07, 6.45) is 1.77. The number of nitrogens with zero attached hydrogens (tertiary/aromatic N) is 3. The number of aromatic nitrogens is 5. The Balaban J connectivity index is 2.49. The number of H-pyrrole nitrogens is 2. The Kier molecular flexibility index (Phi) is 2.78. The highest BCUT2D eigenvalue weighted by molar-refractivity contribution is 5.46. The van der Waals surface area contributed by atoms with Gasteiger partial charge in [-0.15, -0.1) is 0 Å². The second-order valence-electron chi connectivity index (χ2n) is 3.31. The zero-order valence-electron chi connectivity index (χ0n) is 8.69. The van der Waals surface area contributed by atoms with Crippen LogP contribution in [0.5, 0.6) is 0 Å². The molecule has 3 N–H and O–H groups in total. The van der Waals surface area contributed by atoms with Crippen LogP contribution < -0.4 is 5.56 Å². The summed E-state index contributed by atoms with van der Waals surface area (Å²) >= 11 is 0. The summed E-state index contributed by atoms with van der Waals surface area (Å²) in [6, 6.07) is 0. The lowest BCUT2D eigenvalue weighted by Gasteiger charge is -2.03. The molecule has 2 aromatic rings. The van der Waals surface area contributed by atoms with Gasteiger partial charge in [-0.2, -0.15) is 15.4 Å². The molecule has 0 radical (unpaired) electrons. The highest BCUT2D eigenvalue weighted by atomic mass is 16.3. The minimum absolute atomic E-state index is 0.0745. The monoisotopic (exact) mass is 221 g/mol. The number of aliphatic hydroxyl groups is 1. The summed E-state index contributed by atoms with van der Waals surface area (Å²) in [7, 11) is 0. The molecule has 0 aliphatic heterocycles.